The van der Waals surface area contributed by atoms with E-state index in [0.717, 1.165) is 18.9 Å². The van der Waals surface area contributed by atoms with Crippen LogP contribution >= 0.6 is 11.6 Å². The van der Waals surface area contributed by atoms with Gasteiger partial charge in [-0.05, 0) is 57.7 Å². The average Bonchev–Trinajstić information content (AvgIpc) is 3.53. The van der Waals surface area contributed by atoms with E-state index >= 15 is 0 Å². The largest absolute Gasteiger partial charge is 0.417 e. The van der Waals surface area contributed by atoms with Gasteiger partial charge in [0.25, 0.3) is 5.56 Å². The second kappa shape index (κ2) is 8.70. The Morgan fingerprint density at radius 3 is 2.37 bits per heavy atom. The summed E-state index contributed by atoms with van der Waals surface area (Å²) in [5.41, 5.74) is -1.34. The maximum Gasteiger partial charge on any atom is 0.417 e. The highest BCUT2D eigenvalue weighted by Gasteiger charge is 2.43. The fourth-order valence-corrected chi connectivity index (χ4v) is 5.44. The van der Waals surface area contributed by atoms with Gasteiger partial charge in [0.05, 0.1) is 43.9 Å². The molecule has 2 atom stereocenters. The van der Waals surface area contributed by atoms with Crippen LogP contribution in [0.1, 0.15) is 69.8 Å². The van der Waals surface area contributed by atoms with Crippen LogP contribution in [0.5, 0.6) is 0 Å². The summed E-state index contributed by atoms with van der Waals surface area (Å²) in [5, 5.41) is 3.96. The quantitative estimate of drug-likeness (QED) is 0.495. The van der Waals surface area contributed by atoms with Crippen LogP contribution in [0.25, 0.3) is 11.0 Å². The fraction of sp³-hybridized carbons (Fsp3) is 0.522. The van der Waals surface area contributed by atoms with Crippen molar-refractivity contribution in [1.29, 1.82) is 0 Å². The molecule has 3 aromatic rings. The highest BCUT2D eigenvalue weighted by Crippen LogP contribution is 2.42. The van der Waals surface area contributed by atoms with Crippen LogP contribution in [0, 0.1) is 0 Å². The number of hydrogen-bond acceptors (Lipinski definition) is 4. The van der Waals surface area contributed by atoms with Gasteiger partial charge >= 0.3 is 6.18 Å². The van der Waals surface area contributed by atoms with Gasteiger partial charge in [0.1, 0.15) is 5.52 Å². The minimum Gasteiger partial charge on any atom is -0.294 e. The van der Waals surface area contributed by atoms with Crippen molar-refractivity contribution in [2.75, 3.05) is 0 Å². The molecule has 35 heavy (non-hydrogen) atoms. The number of aromatic nitrogens is 4. The number of halogens is 4. The molecule has 1 saturated carbocycles. The first-order valence-electron chi connectivity index (χ1n) is 11.2. The Bertz CT molecular complexity index is 1370. The summed E-state index contributed by atoms with van der Waals surface area (Å²) in [5.74, 6) is 0. The second-order valence-corrected chi connectivity index (χ2v) is 12.2. The summed E-state index contributed by atoms with van der Waals surface area (Å²) in [4.78, 5) is 17.7. The third-order valence-corrected chi connectivity index (χ3v) is 8.19. The first kappa shape index (κ1) is 25.8. The summed E-state index contributed by atoms with van der Waals surface area (Å²) < 4.78 is 59.1. The molecule has 4 rings (SSSR count). The lowest BCUT2D eigenvalue weighted by Crippen LogP contribution is -2.49. The van der Waals surface area contributed by atoms with E-state index in [1.807, 2.05) is 6.92 Å². The summed E-state index contributed by atoms with van der Waals surface area (Å²) in [7, 11) is -0.0119. The summed E-state index contributed by atoms with van der Waals surface area (Å²) in [6, 6.07) is 3.55. The van der Waals surface area contributed by atoms with Gasteiger partial charge in [0.2, 0.25) is 0 Å². The second-order valence-electron chi connectivity index (χ2n) is 9.79. The molecule has 0 radical (unpaired) electrons. The predicted octanol–water partition coefficient (Wildman–Crippen LogP) is 4.84. The van der Waals surface area contributed by atoms with Crippen LogP contribution in [0.4, 0.5) is 13.2 Å². The SMILES string of the molecule is CCC(NS(=O)C(C)(C)C)(c1ccc(C(F)(F)F)c(Cl)c1)c1c2ncn(C3CC3)c(=O)c2nn1C. The van der Waals surface area contributed by atoms with Crippen molar-refractivity contribution in [2.45, 2.75) is 69.5 Å². The minimum atomic E-state index is -4.62. The van der Waals surface area contributed by atoms with Crippen molar-refractivity contribution in [3.05, 3.63) is 56.7 Å². The van der Waals surface area contributed by atoms with Crippen LogP contribution in [0.2, 0.25) is 5.02 Å². The Balaban J connectivity index is 2.00. The van der Waals surface area contributed by atoms with Crippen LogP contribution in [-0.4, -0.2) is 28.3 Å². The van der Waals surface area contributed by atoms with E-state index in [1.54, 1.807) is 32.4 Å². The van der Waals surface area contributed by atoms with E-state index in [4.69, 9.17) is 11.6 Å². The maximum atomic E-state index is 13.4. The molecule has 190 valence electrons. The van der Waals surface area contributed by atoms with Gasteiger partial charge in [0.15, 0.2) is 5.52 Å². The van der Waals surface area contributed by atoms with Gasteiger partial charge in [0, 0.05) is 13.1 Å². The minimum absolute atomic E-state index is 0.0982. The average molecular weight is 530 g/mol. The van der Waals surface area contributed by atoms with E-state index < -0.39 is 38.0 Å². The van der Waals surface area contributed by atoms with Gasteiger partial charge in [-0.2, -0.15) is 18.3 Å². The van der Waals surface area contributed by atoms with E-state index in [1.165, 1.54) is 23.1 Å². The number of nitrogens with zero attached hydrogens (tertiary/aromatic N) is 4. The van der Waals surface area contributed by atoms with E-state index in [9.17, 15) is 22.2 Å². The molecule has 7 nitrogen and oxygen atoms in total. The Morgan fingerprint density at radius 2 is 1.86 bits per heavy atom. The number of aryl methyl sites for hydroxylation is 1. The molecule has 0 saturated heterocycles. The lowest BCUT2D eigenvalue weighted by molar-refractivity contribution is -0.137. The van der Waals surface area contributed by atoms with Crippen LogP contribution < -0.4 is 10.3 Å². The van der Waals surface area contributed by atoms with Crippen molar-refractivity contribution < 1.29 is 17.4 Å². The molecule has 12 heteroatoms. The number of benzene rings is 1. The monoisotopic (exact) mass is 529 g/mol. The summed E-state index contributed by atoms with van der Waals surface area (Å²) in [6.45, 7) is 7.15. The van der Waals surface area contributed by atoms with Gasteiger partial charge in [-0.15, -0.1) is 0 Å². The zero-order valence-corrected chi connectivity index (χ0v) is 21.6. The van der Waals surface area contributed by atoms with Gasteiger partial charge in [-0.3, -0.25) is 14.0 Å². The third kappa shape index (κ3) is 4.53. The molecule has 1 N–H and O–H groups in total. The van der Waals surface area contributed by atoms with E-state index in [-0.39, 0.29) is 23.5 Å². The highest BCUT2D eigenvalue weighted by molar-refractivity contribution is 7.84. The molecule has 0 amide bonds. The van der Waals surface area contributed by atoms with Gasteiger partial charge in [-0.1, -0.05) is 24.6 Å². The number of hydrogen-bond donors (Lipinski definition) is 1. The third-order valence-electron chi connectivity index (χ3n) is 6.24. The molecule has 2 aromatic heterocycles. The molecule has 1 fully saturated rings. The Morgan fingerprint density at radius 1 is 1.20 bits per heavy atom. The molecule has 0 aliphatic heterocycles. The first-order valence-corrected chi connectivity index (χ1v) is 12.7. The number of nitrogens with one attached hydrogen (secondary N) is 1. The number of alkyl halides is 3. The van der Waals surface area contributed by atoms with E-state index in [0.29, 0.717) is 16.8 Å². The lowest BCUT2D eigenvalue weighted by Gasteiger charge is -2.37. The molecule has 0 spiro atoms. The molecular formula is C23H27ClF3N5O2S. The van der Waals surface area contributed by atoms with E-state index in [2.05, 4.69) is 14.8 Å². The standard InChI is InChI=1S/C23H27ClF3N5O2S/c1-6-22(30-35(34)21(2,3)4,13-7-10-15(16(24)11-13)23(25,26)27)19-17-18(29-31(19)5)20(33)32(12-28-17)14-8-9-14/h7,10-12,14,30H,6,8-9H2,1-5H3. The molecule has 1 aromatic carbocycles. The Kier molecular flexibility index (Phi) is 6.43. The van der Waals surface area contributed by atoms with Gasteiger partial charge < -0.3 is 0 Å². The highest BCUT2D eigenvalue weighted by atomic mass is 35.5. The van der Waals surface area contributed by atoms with Crippen molar-refractivity contribution in [1.82, 2.24) is 24.1 Å². The predicted molar refractivity (Wildman–Crippen MR) is 130 cm³/mol. The smallest absolute Gasteiger partial charge is 0.294 e. The molecule has 2 heterocycles. The van der Waals surface area contributed by atoms with Gasteiger partial charge in [-0.25, -0.2) is 13.9 Å². The topological polar surface area (TPSA) is 81.8 Å². The zero-order valence-electron chi connectivity index (χ0n) is 20.0. The molecule has 0 bridgehead atoms. The maximum absolute atomic E-state index is 13.4. The Hall–Kier alpha value is -2.24. The molecule has 2 unspecified atom stereocenters. The lowest BCUT2D eigenvalue weighted by atomic mass is 9.84. The Labute approximate surface area is 208 Å². The summed E-state index contributed by atoms with van der Waals surface area (Å²) >= 11 is 6.10. The number of fused-ring (bicyclic) bond motifs is 1. The normalized spacial score (nSPS) is 17.5. The molecular weight excluding hydrogens is 503 g/mol. The van der Waals surface area contributed by atoms with Crippen molar-refractivity contribution >= 4 is 33.6 Å². The first-order chi connectivity index (χ1) is 16.2. The fourth-order valence-electron chi connectivity index (χ4n) is 4.17. The van der Waals surface area contributed by atoms with Crippen LogP contribution in [0.15, 0.2) is 29.3 Å². The van der Waals surface area contributed by atoms with Crippen molar-refractivity contribution in [3.8, 4) is 0 Å². The zero-order chi connectivity index (χ0) is 25.9. The van der Waals surface area contributed by atoms with Crippen molar-refractivity contribution in [2.24, 2.45) is 7.05 Å². The molecule has 1 aliphatic rings. The summed E-state index contributed by atoms with van der Waals surface area (Å²) in [6.07, 6.45) is -1.10. The van der Waals surface area contributed by atoms with Crippen molar-refractivity contribution in [3.63, 3.8) is 0 Å². The van der Waals surface area contributed by atoms with Crippen LogP contribution in [-0.2, 0) is 29.7 Å². The molecule has 1 aliphatic carbocycles. The van der Waals surface area contributed by atoms with Crippen LogP contribution in [0.3, 0.4) is 0 Å². The number of rotatable bonds is 6.